The van der Waals surface area contributed by atoms with Gasteiger partial charge in [-0.1, -0.05) is 23.2 Å². The summed E-state index contributed by atoms with van der Waals surface area (Å²) in [5, 5.41) is 12.0. The predicted molar refractivity (Wildman–Crippen MR) is 73.4 cm³/mol. The molecule has 0 atom stereocenters. The van der Waals surface area contributed by atoms with Crippen molar-refractivity contribution in [1.82, 2.24) is 4.98 Å². The molecule has 0 aliphatic rings. The highest BCUT2D eigenvalue weighted by atomic mass is 35.5. The van der Waals surface area contributed by atoms with Crippen LogP contribution in [0.4, 0.5) is 10.1 Å². The Kier molecular flexibility index (Phi) is 4.22. The van der Waals surface area contributed by atoms with Gasteiger partial charge in [0.05, 0.1) is 15.7 Å². The molecule has 104 valence electrons. The molecular weight excluding hydrogens is 330 g/mol. The van der Waals surface area contributed by atoms with E-state index in [1.54, 1.807) is 0 Å². The number of hydrogen-bond acceptors (Lipinski definition) is 4. The average Bonchev–Trinajstić information content (AvgIpc) is 2.83. The number of aromatic nitrogens is 1. The summed E-state index contributed by atoms with van der Waals surface area (Å²) in [7, 11) is 0. The topological polar surface area (TPSA) is 79.3 Å². The van der Waals surface area contributed by atoms with E-state index in [4.69, 9.17) is 28.3 Å². The Balaban J connectivity index is 2.25. The first-order valence-corrected chi connectivity index (χ1v) is 6.66. The van der Waals surface area contributed by atoms with Gasteiger partial charge in [0.1, 0.15) is 11.5 Å². The number of nitrogens with one attached hydrogen (secondary N) is 1. The van der Waals surface area contributed by atoms with Crippen molar-refractivity contribution < 1.29 is 19.1 Å². The highest BCUT2D eigenvalue weighted by molar-refractivity contribution is 7.11. The lowest BCUT2D eigenvalue weighted by molar-refractivity contribution is 0.0696. The van der Waals surface area contributed by atoms with E-state index in [0.29, 0.717) is 0 Å². The van der Waals surface area contributed by atoms with Gasteiger partial charge in [0.15, 0.2) is 0 Å². The molecule has 5 nitrogen and oxygen atoms in total. The van der Waals surface area contributed by atoms with Crippen LogP contribution in [0.25, 0.3) is 0 Å². The fraction of sp³-hybridized carbons (Fsp3) is 0. The quantitative estimate of drug-likeness (QED) is 0.899. The number of anilines is 1. The van der Waals surface area contributed by atoms with E-state index in [1.165, 1.54) is 5.38 Å². The normalized spacial score (nSPS) is 10.3. The first kappa shape index (κ1) is 14.7. The Morgan fingerprint density at radius 1 is 1.30 bits per heavy atom. The van der Waals surface area contributed by atoms with Gasteiger partial charge < -0.3 is 10.4 Å². The number of carbonyl (C=O) groups excluding carboxylic acids is 1. The van der Waals surface area contributed by atoms with Crippen molar-refractivity contribution in [2.24, 2.45) is 0 Å². The van der Waals surface area contributed by atoms with E-state index >= 15 is 0 Å². The molecule has 0 aliphatic carbocycles. The first-order valence-electron chi connectivity index (χ1n) is 5.03. The number of nitrogens with zero attached hydrogens (tertiary/aromatic N) is 1. The van der Waals surface area contributed by atoms with Crippen LogP contribution in [0.1, 0.15) is 20.3 Å². The van der Waals surface area contributed by atoms with E-state index in [1.807, 2.05) is 0 Å². The molecule has 2 rings (SSSR count). The monoisotopic (exact) mass is 334 g/mol. The number of carboxylic acid groups (broad SMARTS) is 1. The number of hydrogen-bond donors (Lipinski definition) is 2. The zero-order chi connectivity index (χ0) is 14.9. The number of aromatic carboxylic acids is 1. The number of amides is 1. The summed E-state index contributed by atoms with van der Waals surface area (Å²) >= 11 is 12.4. The summed E-state index contributed by atoms with van der Waals surface area (Å²) in [6.45, 7) is 0. The van der Waals surface area contributed by atoms with Gasteiger partial charge in [0.25, 0.3) is 5.91 Å². The second-order valence-corrected chi connectivity index (χ2v) is 5.21. The lowest BCUT2D eigenvalue weighted by Gasteiger charge is -2.08. The van der Waals surface area contributed by atoms with Crippen LogP contribution in [0.5, 0.6) is 0 Å². The SMILES string of the molecule is O=C(Nc1c(Cl)cc(F)cc1Cl)c1csc(C(=O)O)n1. The van der Waals surface area contributed by atoms with Crippen LogP contribution in [0, 0.1) is 5.82 Å². The van der Waals surface area contributed by atoms with Gasteiger partial charge in [0.2, 0.25) is 5.01 Å². The molecule has 2 N–H and O–H groups in total. The minimum Gasteiger partial charge on any atom is -0.476 e. The summed E-state index contributed by atoms with van der Waals surface area (Å²) in [6, 6.07) is 1.99. The first-order chi connectivity index (χ1) is 9.38. The van der Waals surface area contributed by atoms with Crippen molar-refractivity contribution in [3.8, 4) is 0 Å². The van der Waals surface area contributed by atoms with Crippen LogP contribution < -0.4 is 5.32 Å². The van der Waals surface area contributed by atoms with Gasteiger partial charge in [-0.3, -0.25) is 4.79 Å². The molecule has 1 aromatic carbocycles. The Morgan fingerprint density at radius 3 is 2.40 bits per heavy atom. The Bertz CT molecular complexity index is 682. The fourth-order valence-electron chi connectivity index (χ4n) is 1.32. The molecule has 1 aromatic heterocycles. The summed E-state index contributed by atoms with van der Waals surface area (Å²) in [5.74, 6) is -2.56. The predicted octanol–water partition coefficient (Wildman–Crippen LogP) is 3.54. The lowest BCUT2D eigenvalue weighted by atomic mass is 10.3. The van der Waals surface area contributed by atoms with Crippen molar-refractivity contribution in [1.29, 1.82) is 0 Å². The molecular formula is C11H5Cl2FN2O3S. The third-order valence-electron chi connectivity index (χ3n) is 2.17. The summed E-state index contributed by atoms with van der Waals surface area (Å²) < 4.78 is 13.0. The van der Waals surface area contributed by atoms with Crippen molar-refractivity contribution in [3.05, 3.63) is 44.1 Å². The Labute approximate surface area is 126 Å². The van der Waals surface area contributed by atoms with Gasteiger partial charge in [-0.05, 0) is 12.1 Å². The Hall–Kier alpha value is -1.70. The molecule has 0 fully saturated rings. The molecule has 0 spiro atoms. The molecule has 1 amide bonds. The van der Waals surface area contributed by atoms with Crippen LogP contribution in [-0.2, 0) is 0 Å². The third kappa shape index (κ3) is 3.06. The molecule has 9 heteroatoms. The van der Waals surface area contributed by atoms with Crippen LogP contribution in [-0.4, -0.2) is 22.0 Å². The van der Waals surface area contributed by atoms with Gasteiger partial charge >= 0.3 is 5.97 Å². The van der Waals surface area contributed by atoms with E-state index in [-0.39, 0.29) is 26.4 Å². The number of halogens is 3. The second-order valence-electron chi connectivity index (χ2n) is 3.54. The summed E-state index contributed by atoms with van der Waals surface area (Å²) in [5.41, 5.74) is -0.0616. The standard InChI is InChI=1S/C11H5Cl2FN2O3S/c12-5-1-4(14)2-6(13)8(5)16-9(17)7-3-20-10(15-7)11(18)19/h1-3H,(H,16,17)(H,18,19). The molecule has 0 aliphatic heterocycles. The number of benzene rings is 1. The molecule has 0 saturated carbocycles. The second kappa shape index (κ2) is 5.74. The fourth-order valence-corrected chi connectivity index (χ4v) is 2.51. The van der Waals surface area contributed by atoms with Gasteiger partial charge in [-0.25, -0.2) is 14.2 Å². The minimum atomic E-state index is -1.23. The average molecular weight is 335 g/mol. The van der Waals surface area contributed by atoms with Crippen molar-refractivity contribution in [2.75, 3.05) is 5.32 Å². The largest absolute Gasteiger partial charge is 0.476 e. The van der Waals surface area contributed by atoms with Crippen molar-refractivity contribution in [2.45, 2.75) is 0 Å². The smallest absolute Gasteiger partial charge is 0.365 e. The molecule has 0 bridgehead atoms. The summed E-state index contributed by atoms with van der Waals surface area (Å²) in [4.78, 5) is 26.2. The zero-order valence-electron chi connectivity index (χ0n) is 9.49. The van der Waals surface area contributed by atoms with Crippen molar-refractivity contribution in [3.63, 3.8) is 0 Å². The molecule has 0 unspecified atom stereocenters. The molecule has 0 radical (unpaired) electrons. The molecule has 0 saturated heterocycles. The van der Waals surface area contributed by atoms with E-state index in [0.717, 1.165) is 23.5 Å². The van der Waals surface area contributed by atoms with E-state index in [9.17, 15) is 14.0 Å². The van der Waals surface area contributed by atoms with Crippen LogP contribution in [0.2, 0.25) is 10.0 Å². The molecule has 20 heavy (non-hydrogen) atoms. The van der Waals surface area contributed by atoms with Crippen LogP contribution in [0.15, 0.2) is 17.5 Å². The number of carboxylic acids is 1. The summed E-state index contributed by atoms with van der Waals surface area (Å²) in [6.07, 6.45) is 0. The number of rotatable bonds is 3. The van der Waals surface area contributed by atoms with E-state index < -0.39 is 17.7 Å². The zero-order valence-corrected chi connectivity index (χ0v) is 11.8. The van der Waals surface area contributed by atoms with Crippen molar-refractivity contribution >= 4 is 52.1 Å². The maximum absolute atomic E-state index is 13.0. The maximum atomic E-state index is 13.0. The highest BCUT2D eigenvalue weighted by Crippen LogP contribution is 2.31. The number of carbonyl (C=O) groups is 2. The highest BCUT2D eigenvalue weighted by Gasteiger charge is 2.17. The van der Waals surface area contributed by atoms with E-state index in [2.05, 4.69) is 10.3 Å². The van der Waals surface area contributed by atoms with Gasteiger partial charge in [0, 0.05) is 5.38 Å². The molecule has 1 heterocycles. The lowest BCUT2D eigenvalue weighted by Crippen LogP contribution is -2.13. The molecule has 2 aromatic rings. The van der Waals surface area contributed by atoms with Crippen LogP contribution in [0.3, 0.4) is 0 Å². The Morgan fingerprint density at radius 2 is 1.90 bits per heavy atom. The minimum absolute atomic E-state index is 0.0320. The maximum Gasteiger partial charge on any atom is 0.365 e. The van der Waals surface area contributed by atoms with Gasteiger partial charge in [-0.15, -0.1) is 11.3 Å². The van der Waals surface area contributed by atoms with Crippen LogP contribution >= 0.6 is 34.5 Å². The number of thiazole rings is 1. The van der Waals surface area contributed by atoms with Gasteiger partial charge in [-0.2, -0.15) is 0 Å². The third-order valence-corrected chi connectivity index (χ3v) is 3.59.